The van der Waals surface area contributed by atoms with Crippen LogP contribution in [-0.2, 0) is 34.1 Å². The summed E-state index contributed by atoms with van der Waals surface area (Å²) in [5.41, 5.74) is 8.18. The number of methoxy groups -OCH3 is 3. The van der Waals surface area contributed by atoms with E-state index < -0.39 is 10.1 Å². The van der Waals surface area contributed by atoms with Gasteiger partial charge in [0.05, 0.1) is 74.0 Å². The highest BCUT2D eigenvalue weighted by Gasteiger charge is 2.15. The van der Waals surface area contributed by atoms with Crippen LogP contribution in [0.1, 0.15) is 153 Å². The van der Waals surface area contributed by atoms with Crippen molar-refractivity contribution in [3.05, 3.63) is 66.5 Å². The van der Waals surface area contributed by atoms with Crippen molar-refractivity contribution in [2.45, 2.75) is 156 Å². The number of hydrogen-bond acceptors (Lipinski definition) is 11. The Morgan fingerprint density at radius 3 is 1.14 bits per heavy atom. The van der Waals surface area contributed by atoms with Gasteiger partial charge in [0.25, 0.3) is 10.1 Å². The van der Waals surface area contributed by atoms with Gasteiger partial charge in [-0.3, -0.25) is 4.18 Å². The quantitative estimate of drug-likeness (QED) is 0.0455. The first kappa shape index (κ1) is 59.7. The van der Waals surface area contributed by atoms with E-state index >= 15 is 0 Å². The molecule has 0 bridgehead atoms. The molecule has 3 N–H and O–H groups in total. The van der Waals surface area contributed by atoms with E-state index in [2.05, 4.69) is 68.6 Å². The second-order valence-corrected chi connectivity index (χ2v) is 19.7. The summed E-state index contributed by atoms with van der Waals surface area (Å²) >= 11 is 10.4. The Bertz CT molecular complexity index is 1720. The summed E-state index contributed by atoms with van der Waals surface area (Å²) in [6, 6.07) is 11.1. The number of halogens is 3. The van der Waals surface area contributed by atoms with Crippen molar-refractivity contribution in [3.63, 3.8) is 0 Å². The van der Waals surface area contributed by atoms with Crippen molar-refractivity contribution >= 4 is 57.9 Å². The number of unbranched alkanes of at least 4 members (excludes halogenated alkanes) is 15. The molecule has 3 rings (SSSR count). The van der Waals surface area contributed by atoms with Gasteiger partial charge in [0.15, 0.2) is 34.5 Å². The summed E-state index contributed by atoms with van der Waals surface area (Å²) in [6.45, 7) is 9.16. The van der Waals surface area contributed by atoms with Crippen molar-refractivity contribution in [2.24, 2.45) is 5.73 Å². The maximum atomic E-state index is 11.1. The molecule has 0 saturated heterocycles. The minimum atomic E-state index is -3.48. The summed E-state index contributed by atoms with van der Waals surface area (Å²) in [7, 11) is 1.34. The molecule has 3 aromatic carbocycles. The SMILES string of the molecule is CCCCCCCCOc1c(Br)cc(CN)cc1OC.CCCCCCCCOc1c(Br)cc(CO)cc1OC.CCCCCCCCOc1c(Br)cc(COS(C)(=O)=O)cc1OC. The Morgan fingerprint density at radius 2 is 0.812 bits per heavy atom. The molecule has 15 heteroatoms. The lowest BCUT2D eigenvalue weighted by molar-refractivity contribution is 0.273. The molecule has 0 aliphatic rings. The van der Waals surface area contributed by atoms with Crippen LogP contribution in [0.5, 0.6) is 34.5 Å². The largest absolute Gasteiger partial charge is 0.493 e. The third kappa shape index (κ3) is 26.2. The van der Waals surface area contributed by atoms with Crippen LogP contribution in [0.2, 0.25) is 0 Å². The van der Waals surface area contributed by atoms with Crippen LogP contribution in [0, 0.1) is 0 Å². The zero-order chi connectivity index (χ0) is 47.6. The third-order valence-corrected chi connectivity index (χ3v) is 12.3. The normalized spacial score (nSPS) is 10.9. The van der Waals surface area contributed by atoms with Crippen molar-refractivity contribution in [3.8, 4) is 34.5 Å². The van der Waals surface area contributed by atoms with Crippen molar-refractivity contribution in [2.75, 3.05) is 47.4 Å². The monoisotopic (exact) mass is 1110 g/mol. The van der Waals surface area contributed by atoms with Gasteiger partial charge in [-0.25, -0.2) is 0 Å². The lowest BCUT2D eigenvalue weighted by atomic mass is 10.1. The fourth-order valence-corrected chi connectivity index (χ4v) is 8.54. The van der Waals surface area contributed by atoms with Gasteiger partial charge in [-0.2, -0.15) is 8.42 Å². The predicted octanol–water partition coefficient (Wildman–Crippen LogP) is 14.0. The molecular weight excluding hydrogens is 1030 g/mol. The fraction of sp³-hybridized carbons (Fsp3) is 0.633. The molecule has 0 fully saturated rings. The number of aliphatic hydroxyl groups excluding tert-OH is 1. The topological polar surface area (TPSA) is 145 Å². The van der Waals surface area contributed by atoms with E-state index in [0.29, 0.717) is 42.6 Å². The Morgan fingerprint density at radius 1 is 0.500 bits per heavy atom. The molecule has 366 valence electrons. The molecule has 64 heavy (non-hydrogen) atoms. The zero-order valence-electron chi connectivity index (χ0n) is 39.7. The molecule has 0 unspecified atom stereocenters. The average molecular weight is 1110 g/mol. The van der Waals surface area contributed by atoms with Gasteiger partial charge >= 0.3 is 0 Å². The van der Waals surface area contributed by atoms with E-state index in [9.17, 15) is 13.5 Å². The fourth-order valence-electron chi connectivity index (χ4n) is 6.38. The summed E-state index contributed by atoms with van der Waals surface area (Å²) < 4.78 is 63.0. The van der Waals surface area contributed by atoms with Gasteiger partial charge in [-0.1, -0.05) is 117 Å². The van der Waals surface area contributed by atoms with Gasteiger partial charge in [0.2, 0.25) is 0 Å². The maximum absolute atomic E-state index is 11.1. The van der Waals surface area contributed by atoms with Crippen LogP contribution in [-0.4, -0.2) is 60.9 Å². The van der Waals surface area contributed by atoms with Gasteiger partial charge in [0, 0.05) is 6.54 Å². The maximum Gasteiger partial charge on any atom is 0.264 e. The number of benzene rings is 3. The van der Waals surface area contributed by atoms with Gasteiger partial charge in [0.1, 0.15) is 0 Å². The Balaban J connectivity index is 0.000000483. The van der Waals surface area contributed by atoms with Gasteiger partial charge in [-0.05, 0) is 120 Å². The first-order chi connectivity index (χ1) is 30.8. The second-order valence-electron chi connectivity index (χ2n) is 15.5. The number of rotatable bonds is 32. The van der Waals surface area contributed by atoms with Gasteiger partial charge in [-0.15, -0.1) is 0 Å². The molecule has 3 aromatic rings. The molecule has 0 aliphatic carbocycles. The van der Waals surface area contributed by atoms with Crippen molar-refractivity contribution in [1.82, 2.24) is 0 Å². The van der Waals surface area contributed by atoms with E-state index in [0.717, 1.165) is 80.3 Å². The minimum absolute atomic E-state index is 0.00727. The highest BCUT2D eigenvalue weighted by atomic mass is 79.9. The van der Waals surface area contributed by atoms with Crippen LogP contribution in [0.3, 0.4) is 0 Å². The molecule has 0 aromatic heterocycles. The molecule has 11 nitrogen and oxygen atoms in total. The molecule has 0 spiro atoms. The number of ether oxygens (including phenoxy) is 6. The summed E-state index contributed by atoms with van der Waals surface area (Å²) in [6.07, 6.45) is 23.2. The lowest BCUT2D eigenvalue weighted by Crippen LogP contribution is -2.04. The van der Waals surface area contributed by atoms with E-state index in [1.54, 1.807) is 39.5 Å². The van der Waals surface area contributed by atoms with E-state index in [-0.39, 0.29) is 13.2 Å². The number of hydrogen-bond donors (Lipinski definition) is 2. The highest BCUT2D eigenvalue weighted by molar-refractivity contribution is 9.11. The Labute approximate surface area is 411 Å². The highest BCUT2D eigenvalue weighted by Crippen LogP contribution is 2.39. The summed E-state index contributed by atoms with van der Waals surface area (Å²) in [4.78, 5) is 0. The first-order valence-corrected chi connectivity index (χ1v) is 27.1. The van der Waals surface area contributed by atoms with Crippen molar-refractivity contribution < 1.29 is 46.1 Å². The van der Waals surface area contributed by atoms with E-state index in [1.807, 2.05) is 18.2 Å². The molecule has 0 aliphatic heterocycles. The summed E-state index contributed by atoms with van der Waals surface area (Å²) in [5, 5.41) is 9.17. The summed E-state index contributed by atoms with van der Waals surface area (Å²) in [5.74, 6) is 4.09. The van der Waals surface area contributed by atoms with Crippen molar-refractivity contribution in [1.29, 1.82) is 0 Å². The Hall–Kier alpha value is -2.27. The third-order valence-electron chi connectivity index (χ3n) is 9.96. The first-order valence-electron chi connectivity index (χ1n) is 22.9. The molecule has 0 radical (unpaired) electrons. The molecular formula is C49H78Br3NO10S. The number of aliphatic hydroxyl groups is 1. The van der Waals surface area contributed by atoms with Crippen LogP contribution in [0.15, 0.2) is 49.8 Å². The number of nitrogens with two attached hydrogens (primary N) is 1. The molecule has 0 heterocycles. The molecule has 0 atom stereocenters. The standard InChI is InChI=1S/C17H27BrO5S.C16H26BrNO2.C16H25BrO3/c1-4-5-6-7-8-9-10-22-17-15(18)11-14(12-16(17)21-2)13-23-24(3,19)20;2*1-3-4-5-6-7-8-9-20-16-14(17)10-13(12-18)11-15(16)19-2/h11-12H,4-10,13H2,1-3H3;10-11H,3-9,12,18H2,1-2H3;10-11,18H,3-9,12H2,1-2H3. The molecule has 0 amide bonds. The lowest BCUT2D eigenvalue weighted by Gasteiger charge is -2.14. The van der Waals surface area contributed by atoms with E-state index in [4.69, 9.17) is 38.3 Å². The predicted molar refractivity (Wildman–Crippen MR) is 272 cm³/mol. The van der Waals surface area contributed by atoms with Crippen LogP contribution >= 0.6 is 47.8 Å². The van der Waals surface area contributed by atoms with Crippen LogP contribution in [0.4, 0.5) is 0 Å². The Kier molecular flexibility index (Phi) is 34.4. The van der Waals surface area contributed by atoms with E-state index in [1.165, 1.54) is 89.9 Å². The zero-order valence-corrected chi connectivity index (χ0v) is 45.3. The van der Waals surface area contributed by atoms with Gasteiger partial charge < -0.3 is 39.3 Å². The molecule has 0 saturated carbocycles. The second kappa shape index (κ2) is 36.8. The minimum Gasteiger partial charge on any atom is -0.493 e. The average Bonchev–Trinajstić information content (AvgIpc) is 3.28. The van der Waals surface area contributed by atoms with Crippen LogP contribution < -0.4 is 34.2 Å². The van der Waals surface area contributed by atoms with Crippen LogP contribution in [0.25, 0.3) is 0 Å². The smallest absolute Gasteiger partial charge is 0.264 e.